The summed E-state index contributed by atoms with van der Waals surface area (Å²) < 4.78 is 7.70. The molecule has 12 nitrogen and oxygen atoms in total. The molecule has 0 unspecified atom stereocenters. The molecule has 4 rings (SSSR count). The van der Waals surface area contributed by atoms with Gasteiger partial charge in [-0.15, -0.1) is 5.10 Å². The highest BCUT2D eigenvalue weighted by atomic mass is 35.5. The second kappa shape index (κ2) is 10.2. The quantitative estimate of drug-likeness (QED) is 0.217. The zero-order valence-electron chi connectivity index (χ0n) is 19.1. The van der Waals surface area contributed by atoms with Crippen molar-refractivity contribution in [3.05, 3.63) is 35.5 Å². The van der Waals surface area contributed by atoms with Crippen molar-refractivity contribution in [2.24, 2.45) is 18.8 Å². The number of hydrazine groups is 1. The van der Waals surface area contributed by atoms with Crippen LogP contribution >= 0.6 is 11.6 Å². The molecule has 0 radical (unpaired) electrons. The summed E-state index contributed by atoms with van der Waals surface area (Å²) in [5, 5.41) is 8.95. The average Bonchev–Trinajstić information content (AvgIpc) is 3.28. The van der Waals surface area contributed by atoms with Gasteiger partial charge < -0.3 is 15.4 Å². The van der Waals surface area contributed by atoms with E-state index >= 15 is 0 Å². The molecular formula is C21H27ClN10O2. The van der Waals surface area contributed by atoms with Gasteiger partial charge in [0.05, 0.1) is 18.5 Å². The van der Waals surface area contributed by atoms with Gasteiger partial charge in [0.25, 0.3) is 5.91 Å². The number of rotatable bonds is 7. The summed E-state index contributed by atoms with van der Waals surface area (Å²) in [6.07, 6.45) is 5.09. The number of piperidine rings is 1. The van der Waals surface area contributed by atoms with Gasteiger partial charge >= 0.3 is 0 Å². The highest BCUT2D eigenvalue weighted by molar-refractivity contribution is 6.28. The van der Waals surface area contributed by atoms with E-state index in [2.05, 4.69) is 30.2 Å². The lowest BCUT2D eigenvalue weighted by Gasteiger charge is -2.32. The lowest BCUT2D eigenvalue weighted by molar-refractivity contribution is 0.0758. The number of carbonyl (C=O) groups excluding carboxylic acids is 1. The highest BCUT2D eigenvalue weighted by Crippen LogP contribution is 2.28. The topological polar surface area (TPSA) is 154 Å². The van der Waals surface area contributed by atoms with Crippen LogP contribution in [0.3, 0.4) is 0 Å². The molecule has 3 aromatic rings. The Morgan fingerprint density at radius 3 is 2.71 bits per heavy atom. The lowest BCUT2D eigenvalue weighted by Crippen LogP contribution is -2.38. The van der Waals surface area contributed by atoms with Crippen LogP contribution in [-0.2, 0) is 7.05 Å². The molecule has 0 spiro atoms. The Bertz CT molecular complexity index is 1160. The number of carbonyl (C=O) groups is 1. The van der Waals surface area contributed by atoms with Crippen molar-refractivity contribution >= 4 is 29.1 Å². The minimum absolute atomic E-state index is 0.0160. The van der Waals surface area contributed by atoms with Gasteiger partial charge in [-0.3, -0.25) is 9.80 Å². The lowest BCUT2D eigenvalue weighted by atomic mass is 9.98. The first-order chi connectivity index (χ1) is 16.4. The molecule has 1 aliphatic rings. The third kappa shape index (κ3) is 5.18. The molecule has 34 heavy (non-hydrogen) atoms. The van der Waals surface area contributed by atoms with E-state index in [0.717, 1.165) is 42.2 Å². The summed E-state index contributed by atoms with van der Waals surface area (Å²) in [6, 6.07) is 3.49. The summed E-state index contributed by atoms with van der Waals surface area (Å²) in [5.74, 6) is 7.13. The van der Waals surface area contributed by atoms with E-state index in [9.17, 15) is 4.79 Å². The minimum Gasteiger partial charge on any atom is -0.489 e. The smallest absolute Gasteiger partial charge is 0.286 e. The summed E-state index contributed by atoms with van der Waals surface area (Å²) in [6.45, 7) is 4.14. The third-order valence-electron chi connectivity index (χ3n) is 5.81. The Balaban J connectivity index is 1.37. The maximum Gasteiger partial charge on any atom is 0.286 e. The van der Waals surface area contributed by atoms with Gasteiger partial charge in [-0.2, -0.15) is 0 Å². The normalized spacial score (nSPS) is 14.3. The summed E-state index contributed by atoms with van der Waals surface area (Å²) in [7, 11) is 1.81. The molecule has 1 saturated heterocycles. The first kappa shape index (κ1) is 23.6. The van der Waals surface area contributed by atoms with E-state index < -0.39 is 5.91 Å². The number of aromatic nitrogens is 6. The minimum atomic E-state index is -0.397. The molecule has 1 amide bonds. The number of ether oxygens (including phenoxy) is 1. The number of nitrogens with zero attached hydrogens (tertiary/aromatic N) is 8. The standard InChI is InChI=1S/C21H27ClN10O2/c1-3-32(24)20(33)15-9-18(28-21(22)27-15)31-6-4-13(5-7-31)12-34-17-8-14(10-25-19(17)23)16-11-26-29-30(16)2/h8-11,13H,3-7,12,24H2,1-2H3,(H2,23,25). The first-order valence-electron chi connectivity index (χ1n) is 10.9. The van der Waals surface area contributed by atoms with E-state index in [1.807, 2.05) is 13.1 Å². The van der Waals surface area contributed by atoms with Crippen molar-refractivity contribution in [2.75, 3.05) is 36.9 Å². The van der Waals surface area contributed by atoms with Crippen LogP contribution in [0.4, 0.5) is 11.6 Å². The fraction of sp³-hybridized carbons (Fsp3) is 0.429. The Morgan fingerprint density at radius 2 is 2.03 bits per heavy atom. The molecule has 1 aliphatic heterocycles. The van der Waals surface area contributed by atoms with E-state index in [1.54, 1.807) is 30.1 Å². The van der Waals surface area contributed by atoms with Crippen LogP contribution in [0.1, 0.15) is 30.3 Å². The van der Waals surface area contributed by atoms with Crippen molar-refractivity contribution in [1.29, 1.82) is 0 Å². The molecule has 0 saturated carbocycles. The highest BCUT2D eigenvalue weighted by Gasteiger charge is 2.24. The number of pyridine rings is 1. The van der Waals surface area contributed by atoms with Gasteiger partial charge in [0, 0.05) is 44.5 Å². The SMILES string of the molecule is CCN(N)C(=O)c1cc(N2CCC(COc3cc(-c4cnnn4C)cnc3N)CC2)nc(Cl)n1. The Labute approximate surface area is 201 Å². The summed E-state index contributed by atoms with van der Waals surface area (Å²) in [4.78, 5) is 27.0. The fourth-order valence-corrected chi connectivity index (χ4v) is 3.94. The summed E-state index contributed by atoms with van der Waals surface area (Å²) >= 11 is 6.07. The Morgan fingerprint density at radius 1 is 1.26 bits per heavy atom. The molecule has 4 heterocycles. The van der Waals surface area contributed by atoms with Gasteiger partial charge in [0.2, 0.25) is 5.28 Å². The number of halogens is 1. The molecule has 180 valence electrons. The molecule has 0 bridgehead atoms. The predicted molar refractivity (Wildman–Crippen MR) is 127 cm³/mol. The van der Waals surface area contributed by atoms with Crippen molar-refractivity contribution in [2.45, 2.75) is 19.8 Å². The second-order valence-corrected chi connectivity index (χ2v) is 8.40. The van der Waals surface area contributed by atoms with Crippen LogP contribution in [-0.4, -0.2) is 67.1 Å². The average molecular weight is 487 g/mol. The molecule has 4 N–H and O–H groups in total. The number of hydrogen-bond donors (Lipinski definition) is 2. The van der Waals surface area contributed by atoms with E-state index in [0.29, 0.717) is 36.5 Å². The molecule has 3 aromatic heterocycles. The Kier molecular flexibility index (Phi) is 7.08. The molecular weight excluding hydrogens is 460 g/mol. The molecule has 0 aromatic carbocycles. The van der Waals surface area contributed by atoms with Crippen LogP contribution in [0.15, 0.2) is 24.5 Å². The first-order valence-corrected chi connectivity index (χ1v) is 11.3. The van der Waals surface area contributed by atoms with Crippen LogP contribution in [0.25, 0.3) is 11.3 Å². The van der Waals surface area contributed by atoms with Crippen molar-refractivity contribution in [3.8, 4) is 17.0 Å². The monoisotopic (exact) mass is 486 g/mol. The number of nitrogens with two attached hydrogens (primary N) is 2. The van der Waals surface area contributed by atoms with Crippen LogP contribution in [0.5, 0.6) is 5.75 Å². The van der Waals surface area contributed by atoms with Crippen molar-refractivity contribution in [1.82, 2.24) is 35.0 Å². The zero-order chi connectivity index (χ0) is 24.2. The van der Waals surface area contributed by atoms with E-state index in [1.165, 1.54) is 0 Å². The number of aryl methyl sites for hydroxylation is 1. The number of hydrogen-bond acceptors (Lipinski definition) is 10. The molecule has 1 fully saturated rings. The Hall–Kier alpha value is -3.51. The van der Waals surface area contributed by atoms with Crippen LogP contribution in [0, 0.1) is 5.92 Å². The molecule has 0 aliphatic carbocycles. The van der Waals surface area contributed by atoms with Crippen LogP contribution in [0.2, 0.25) is 5.28 Å². The van der Waals surface area contributed by atoms with E-state index in [-0.39, 0.29) is 11.0 Å². The largest absolute Gasteiger partial charge is 0.489 e. The maximum atomic E-state index is 12.4. The number of amides is 1. The molecule has 0 atom stereocenters. The van der Waals surface area contributed by atoms with Crippen molar-refractivity contribution in [3.63, 3.8) is 0 Å². The maximum absolute atomic E-state index is 12.4. The molecule has 13 heteroatoms. The van der Waals surface area contributed by atoms with Gasteiger partial charge in [-0.25, -0.2) is 25.5 Å². The van der Waals surface area contributed by atoms with Gasteiger partial charge in [0.15, 0.2) is 11.6 Å². The predicted octanol–water partition coefficient (Wildman–Crippen LogP) is 1.53. The van der Waals surface area contributed by atoms with Gasteiger partial charge in [0.1, 0.15) is 11.5 Å². The summed E-state index contributed by atoms with van der Waals surface area (Å²) in [5.41, 5.74) is 7.86. The second-order valence-electron chi connectivity index (χ2n) is 8.06. The van der Waals surface area contributed by atoms with E-state index in [4.69, 9.17) is 27.9 Å². The van der Waals surface area contributed by atoms with Gasteiger partial charge in [-0.05, 0) is 43.4 Å². The zero-order valence-corrected chi connectivity index (χ0v) is 19.8. The van der Waals surface area contributed by atoms with Crippen LogP contribution < -0.4 is 21.2 Å². The van der Waals surface area contributed by atoms with Crippen molar-refractivity contribution < 1.29 is 9.53 Å². The third-order valence-corrected chi connectivity index (χ3v) is 5.98. The fourth-order valence-electron chi connectivity index (χ4n) is 3.77. The van der Waals surface area contributed by atoms with Gasteiger partial charge in [-0.1, -0.05) is 5.21 Å². The number of anilines is 2. The number of nitrogen functional groups attached to an aromatic ring is 1.